The van der Waals surface area contributed by atoms with Crippen molar-refractivity contribution in [2.24, 2.45) is 22.9 Å². The van der Waals surface area contributed by atoms with Crippen molar-refractivity contribution in [1.82, 2.24) is 10.2 Å². The van der Waals surface area contributed by atoms with Crippen LogP contribution in [0.25, 0.3) is 0 Å². The topological polar surface area (TPSA) is 139 Å². The molecule has 1 aromatic rings. The standard InChI is InChI=1S/C46H73N3O8/c1-6-10-11-12-13-14-15-16-17-24-42(52)49(27-7-2)41-33-39(48-54-5)37-31-34(22-18-20-28-50)36(23-19-21-29-51)43-38-32-35(56-45(53)47-9-4)25-26-40(38)57-46(41,44(37)43)55-30-8-3/h8,25-26,31-32,34,36,41,43-44,50-51H,3,6-7,9-24,27-30,33H2,1-2,4-5H3,(H,47,53)/t34-,36+,41-,43+,44+,46+/m0/s1. The van der Waals surface area contributed by atoms with Crippen LogP contribution in [0.15, 0.2) is 47.7 Å². The molecule has 1 aliphatic heterocycles. The SMILES string of the molecule is C=CCO[C@@]12Oc3ccc(OC(=O)NCC)cc3[C@H]3[C@H](CCCCO)[C@@H](CCCCO)C=C(C(=NOC)C[C@@H]1N(CCC)C(=O)CCCCCCCCCCC)[C@H]32. The Kier molecular flexibility index (Phi) is 19.9. The molecular weight excluding hydrogens is 723 g/mol. The van der Waals surface area contributed by atoms with Crippen molar-refractivity contribution in [2.45, 2.75) is 154 Å². The van der Waals surface area contributed by atoms with Gasteiger partial charge in [-0.25, -0.2) is 4.79 Å². The van der Waals surface area contributed by atoms with Crippen LogP contribution < -0.4 is 14.8 Å². The van der Waals surface area contributed by atoms with E-state index in [-0.39, 0.29) is 43.5 Å². The summed E-state index contributed by atoms with van der Waals surface area (Å²) < 4.78 is 20.1. The summed E-state index contributed by atoms with van der Waals surface area (Å²) in [6, 6.07) is 5.02. The van der Waals surface area contributed by atoms with E-state index in [1.165, 1.54) is 38.5 Å². The van der Waals surface area contributed by atoms with Crippen LogP contribution >= 0.6 is 0 Å². The zero-order valence-corrected chi connectivity index (χ0v) is 35.5. The minimum absolute atomic E-state index is 0.0814. The minimum atomic E-state index is -1.29. The highest BCUT2D eigenvalue weighted by molar-refractivity contribution is 6.03. The number of ether oxygens (including phenoxy) is 3. The van der Waals surface area contributed by atoms with Gasteiger partial charge in [0.05, 0.1) is 18.2 Å². The number of unbranched alkanes of at least 4 members (excludes halogenated alkanes) is 10. The Hall–Kier alpha value is -3.41. The average molecular weight is 796 g/mol. The van der Waals surface area contributed by atoms with Crippen molar-refractivity contribution >= 4 is 17.7 Å². The number of oxime groups is 1. The Morgan fingerprint density at radius 3 is 2.32 bits per heavy atom. The molecule has 0 unspecified atom stereocenters. The monoisotopic (exact) mass is 796 g/mol. The third-order valence-corrected chi connectivity index (χ3v) is 12.0. The number of aliphatic hydroxyl groups excluding tert-OH is 2. The van der Waals surface area contributed by atoms with Gasteiger partial charge in [-0.15, -0.1) is 6.58 Å². The normalized spacial score (nSPS) is 24.1. The van der Waals surface area contributed by atoms with E-state index in [0.717, 1.165) is 68.2 Å². The first-order chi connectivity index (χ1) is 27.8. The van der Waals surface area contributed by atoms with Gasteiger partial charge in [-0.05, 0) is 81.1 Å². The zero-order chi connectivity index (χ0) is 41.0. The summed E-state index contributed by atoms with van der Waals surface area (Å²) in [4.78, 5) is 34.7. The van der Waals surface area contributed by atoms with Crippen LogP contribution in [0.4, 0.5) is 4.79 Å². The molecule has 1 heterocycles. The van der Waals surface area contributed by atoms with E-state index < -0.39 is 23.8 Å². The maximum atomic E-state index is 14.5. The fraction of sp³-hybridized carbons (Fsp3) is 0.717. The molecule has 1 aromatic carbocycles. The van der Waals surface area contributed by atoms with E-state index in [0.29, 0.717) is 50.3 Å². The van der Waals surface area contributed by atoms with Gasteiger partial charge in [-0.2, -0.15) is 0 Å². The maximum absolute atomic E-state index is 14.5. The van der Waals surface area contributed by atoms with Gasteiger partial charge in [0.25, 0.3) is 0 Å². The van der Waals surface area contributed by atoms with Crippen LogP contribution in [0, 0.1) is 17.8 Å². The van der Waals surface area contributed by atoms with Gasteiger partial charge >= 0.3 is 6.09 Å². The van der Waals surface area contributed by atoms with Gasteiger partial charge in [0.1, 0.15) is 24.7 Å². The summed E-state index contributed by atoms with van der Waals surface area (Å²) >= 11 is 0. The van der Waals surface area contributed by atoms with Crippen molar-refractivity contribution in [2.75, 3.05) is 40.0 Å². The fourth-order valence-electron chi connectivity index (χ4n) is 9.54. The Labute approximate surface area is 342 Å². The summed E-state index contributed by atoms with van der Waals surface area (Å²) in [5, 5.41) is 27.0. The van der Waals surface area contributed by atoms with E-state index in [4.69, 9.17) is 19.0 Å². The molecule has 2 amide bonds. The Morgan fingerprint density at radius 2 is 1.67 bits per heavy atom. The molecule has 6 atom stereocenters. The van der Waals surface area contributed by atoms with Gasteiger partial charge < -0.3 is 39.5 Å². The Morgan fingerprint density at radius 1 is 0.965 bits per heavy atom. The molecule has 1 saturated carbocycles. The van der Waals surface area contributed by atoms with Crippen LogP contribution in [0.1, 0.15) is 148 Å². The third-order valence-electron chi connectivity index (χ3n) is 12.0. The molecular formula is C46H73N3O8. The van der Waals surface area contributed by atoms with E-state index in [1.54, 1.807) is 19.3 Å². The molecule has 0 aromatic heterocycles. The highest BCUT2D eigenvalue weighted by atomic mass is 16.7. The maximum Gasteiger partial charge on any atom is 0.412 e. The number of allylic oxidation sites excluding steroid dienone is 1. The predicted octanol–water partition coefficient (Wildman–Crippen LogP) is 9.22. The fourth-order valence-corrected chi connectivity index (χ4v) is 9.54. The Balaban J connectivity index is 1.84. The number of rotatable bonds is 27. The second kappa shape index (κ2) is 24.5. The quantitative estimate of drug-likeness (QED) is 0.0455. The minimum Gasteiger partial charge on any atom is -0.459 e. The van der Waals surface area contributed by atoms with Crippen molar-refractivity contribution in [3.05, 3.63) is 48.1 Å². The van der Waals surface area contributed by atoms with Crippen molar-refractivity contribution in [3.8, 4) is 11.5 Å². The Bertz CT molecular complexity index is 1460. The summed E-state index contributed by atoms with van der Waals surface area (Å²) in [7, 11) is 1.56. The first-order valence-electron chi connectivity index (χ1n) is 22.2. The molecule has 3 N–H and O–H groups in total. The van der Waals surface area contributed by atoms with Crippen molar-refractivity contribution in [3.63, 3.8) is 0 Å². The average Bonchev–Trinajstić information content (AvgIpc) is 3.20. The zero-order valence-electron chi connectivity index (χ0n) is 35.5. The molecule has 1 fully saturated rings. The lowest BCUT2D eigenvalue weighted by Crippen LogP contribution is -2.70. The number of amides is 2. The van der Waals surface area contributed by atoms with Gasteiger partial charge in [-0.1, -0.05) is 95.4 Å². The van der Waals surface area contributed by atoms with E-state index >= 15 is 0 Å². The molecule has 0 bridgehead atoms. The number of benzene rings is 1. The number of carbonyl (C=O) groups is 2. The molecule has 2 aliphatic carbocycles. The molecule has 0 spiro atoms. The van der Waals surface area contributed by atoms with Gasteiger partial charge in [0, 0.05) is 50.6 Å². The molecule has 3 aliphatic rings. The number of aliphatic hydroxyl groups is 2. The number of fused-ring (bicyclic) bond motifs is 2. The molecule has 0 radical (unpaired) electrons. The largest absolute Gasteiger partial charge is 0.459 e. The highest BCUT2D eigenvalue weighted by Crippen LogP contribution is 2.62. The summed E-state index contributed by atoms with van der Waals surface area (Å²) in [6.07, 6.45) is 20.4. The number of nitrogens with zero attached hydrogens (tertiary/aromatic N) is 2. The van der Waals surface area contributed by atoms with Crippen LogP contribution in [0.5, 0.6) is 11.5 Å². The van der Waals surface area contributed by atoms with E-state index in [1.807, 2.05) is 24.0 Å². The summed E-state index contributed by atoms with van der Waals surface area (Å²) in [5.41, 5.74) is 2.67. The first-order valence-corrected chi connectivity index (χ1v) is 22.2. The lowest BCUT2D eigenvalue weighted by Gasteiger charge is -2.60. The van der Waals surface area contributed by atoms with Gasteiger partial charge in [-0.3, -0.25) is 4.79 Å². The van der Waals surface area contributed by atoms with Crippen molar-refractivity contribution in [1.29, 1.82) is 0 Å². The van der Waals surface area contributed by atoms with E-state index in [9.17, 15) is 19.8 Å². The third kappa shape index (κ3) is 12.1. The van der Waals surface area contributed by atoms with Gasteiger partial charge in [0.15, 0.2) is 0 Å². The molecule has 57 heavy (non-hydrogen) atoms. The molecule has 11 heteroatoms. The van der Waals surface area contributed by atoms with Crippen LogP contribution in [0.3, 0.4) is 0 Å². The molecule has 0 saturated heterocycles. The van der Waals surface area contributed by atoms with Crippen molar-refractivity contribution < 1.29 is 38.9 Å². The number of hydrogen-bond acceptors (Lipinski definition) is 9. The van der Waals surface area contributed by atoms with Crippen LogP contribution in [0.2, 0.25) is 0 Å². The number of nitrogens with one attached hydrogen (secondary N) is 1. The van der Waals surface area contributed by atoms with Crippen LogP contribution in [-0.4, -0.2) is 84.7 Å². The number of hydrogen-bond donors (Lipinski definition) is 3. The van der Waals surface area contributed by atoms with Gasteiger partial charge in [0.2, 0.25) is 11.7 Å². The smallest absolute Gasteiger partial charge is 0.412 e. The highest BCUT2D eigenvalue weighted by Gasteiger charge is 2.65. The lowest BCUT2D eigenvalue weighted by molar-refractivity contribution is -0.257. The number of carbonyl (C=O) groups excluding carboxylic acids is 2. The first kappa shape index (κ1) is 46.3. The predicted molar refractivity (Wildman–Crippen MR) is 226 cm³/mol. The lowest BCUT2D eigenvalue weighted by atomic mass is 9.55. The summed E-state index contributed by atoms with van der Waals surface area (Å²) in [5.74, 6) is -0.553. The molecule has 4 rings (SSSR count). The molecule has 320 valence electrons. The second-order valence-electron chi connectivity index (χ2n) is 16.0. The summed E-state index contributed by atoms with van der Waals surface area (Å²) in [6.45, 7) is 11.6. The van der Waals surface area contributed by atoms with Crippen LogP contribution in [-0.2, 0) is 14.4 Å². The second-order valence-corrected chi connectivity index (χ2v) is 16.0. The molecule has 11 nitrogen and oxygen atoms in total. The van der Waals surface area contributed by atoms with E-state index in [2.05, 4.69) is 37.0 Å².